The predicted molar refractivity (Wildman–Crippen MR) is 116 cm³/mol. The number of benzene rings is 2. The molecule has 0 saturated carbocycles. The third kappa shape index (κ3) is 4.07. The number of thioether (sulfide) groups is 1. The zero-order chi connectivity index (χ0) is 19.5. The summed E-state index contributed by atoms with van der Waals surface area (Å²) in [5, 5.41) is 6.08. The van der Waals surface area contributed by atoms with Gasteiger partial charge in [0, 0.05) is 17.6 Å². The Hall–Kier alpha value is -2.73. The van der Waals surface area contributed by atoms with Gasteiger partial charge in [0.25, 0.3) is 5.91 Å². The molecule has 6 heteroatoms. The van der Waals surface area contributed by atoms with Crippen LogP contribution in [0.2, 0.25) is 0 Å². The monoisotopic (exact) mass is 393 g/mol. The first-order valence-electron chi connectivity index (χ1n) is 9.42. The van der Waals surface area contributed by atoms with Gasteiger partial charge in [-0.3, -0.25) is 9.79 Å². The van der Waals surface area contributed by atoms with Crippen LogP contribution in [0, 0.1) is 0 Å². The minimum atomic E-state index is -0.176. The minimum Gasteiger partial charge on any atom is -0.484 e. The molecule has 0 aromatic heterocycles. The average molecular weight is 394 g/mol. The van der Waals surface area contributed by atoms with E-state index in [1.165, 1.54) is 11.3 Å². The molecule has 0 atom stereocenters. The molecule has 4 rings (SSSR count). The molecular weight excluding hydrogens is 370 g/mol. The number of aliphatic imine (C=N–C) groups is 1. The second kappa shape index (κ2) is 8.10. The summed E-state index contributed by atoms with van der Waals surface area (Å²) in [6.07, 6.45) is 0. The summed E-state index contributed by atoms with van der Waals surface area (Å²) in [6, 6.07) is 15.7. The van der Waals surface area contributed by atoms with Gasteiger partial charge in [0.15, 0.2) is 11.8 Å². The normalized spacial score (nSPS) is 15.3. The van der Waals surface area contributed by atoms with Gasteiger partial charge in [-0.25, -0.2) is 0 Å². The maximum atomic E-state index is 12.2. The maximum absolute atomic E-state index is 12.2. The van der Waals surface area contributed by atoms with Crippen LogP contribution in [0.1, 0.15) is 30.9 Å². The predicted octanol–water partition coefficient (Wildman–Crippen LogP) is 4.54. The van der Waals surface area contributed by atoms with Crippen LogP contribution in [-0.2, 0) is 4.79 Å². The number of carbonyl (C=O) groups excluding carboxylic acids is 1. The van der Waals surface area contributed by atoms with Crippen LogP contribution in [0.3, 0.4) is 0 Å². The highest BCUT2D eigenvalue weighted by Crippen LogP contribution is 2.35. The first-order valence-corrected chi connectivity index (χ1v) is 10.3. The van der Waals surface area contributed by atoms with E-state index < -0.39 is 0 Å². The molecule has 28 heavy (non-hydrogen) atoms. The molecule has 2 aliphatic heterocycles. The first-order chi connectivity index (χ1) is 13.6. The van der Waals surface area contributed by atoms with Gasteiger partial charge in [0.1, 0.15) is 5.75 Å². The lowest BCUT2D eigenvalue weighted by atomic mass is 10.0. The highest BCUT2D eigenvalue weighted by Gasteiger charge is 2.26. The summed E-state index contributed by atoms with van der Waals surface area (Å²) < 4.78 is 5.58. The Labute approximate surface area is 169 Å². The molecule has 2 heterocycles. The van der Waals surface area contributed by atoms with E-state index >= 15 is 0 Å². The SMILES string of the molecule is CC(C)c1ccc(OCC(=O)Nc2ccc(C3=CSC4=NCCN34)cc2)cc1. The van der Waals surface area contributed by atoms with Gasteiger partial charge in [-0.1, -0.05) is 49.9 Å². The van der Waals surface area contributed by atoms with E-state index in [0.29, 0.717) is 11.7 Å². The molecule has 144 valence electrons. The van der Waals surface area contributed by atoms with Gasteiger partial charge in [-0.05, 0) is 41.3 Å². The summed E-state index contributed by atoms with van der Waals surface area (Å²) in [5.74, 6) is 0.997. The van der Waals surface area contributed by atoms with E-state index in [2.05, 4.69) is 34.5 Å². The van der Waals surface area contributed by atoms with Crippen molar-refractivity contribution in [2.45, 2.75) is 19.8 Å². The molecule has 0 spiro atoms. The van der Waals surface area contributed by atoms with Crippen molar-refractivity contribution in [2.75, 3.05) is 25.0 Å². The number of hydrogen-bond acceptors (Lipinski definition) is 5. The minimum absolute atomic E-state index is 0.0157. The molecule has 0 fully saturated rings. The molecule has 1 N–H and O–H groups in total. The molecule has 2 aromatic carbocycles. The number of nitrogens with zero attached hydrogens (tertiary/aromatic N) is 2. The molecule has 5 nitrogen and oxygen atoms in total. The Balaban J connectivity index is 1.30. The Morgan fingerprint density at radius 1 is 1.18 bits per heavy atom. The quantitative estimate of drug-likeness (QED) is 0.783. The van der Waals surface area contributed by atoms with Crippen molar-refractivity contribution in [3.05, 3.63) is 65.1 Å². The van der Waals surface area contributed by atoms with Crippen molar-refractivity contribution in [3.8, 4) is 5.75 Å². The van der Waals surface area contributed by atoms with Crippen molar-refractivity contribution in [1.82, 2.24) is 4.90 Å². The summed E-state index contributed by atoms with van der Waals surface area (Å²) in [5.41, 5.74) is 4.31. The number of rotatable bonds is 6. The Morgan fingerprint density at radius 2 is 1.93 bits per heavy atom. The van der Waals surface area contributed by atoms with Crippen LogP contribution >= 0.6 is 11.8 Å². The van der Waals surface area contributed by atoms with Crippen LogP contribution in [0.5, 0.6) is 5.75 Å². The number of amides is 1. The van der Waals surface area contributed by atoms with Gasteiger partial charge in [-0.2, -0.15) is 0 Å². The number of nitrogens with one attached hydrogen (secondary N) is 1. The number of carbonyl (C=O) groups is 1. The molecule has 0 aliphatic carbocycles. The molecule has 0 bridgehead atoms. The van der Waals surface area contributed by atoms with Crippen molar-refractivity contribution in [1.29, 1.82) is 0 Å². The number of anilines is 1. The van der Waals surface area contributed by atoms with Crippen LogP contribution in [0.4, 0.5) is 5.69 Å². The van der Waals surface area contributed by atoms with Crippen LogP contribution in [0.15, 0.2) is 58.9 Å². The number of fused-ring (bicyclic) bond motifs is 1. The highest BCUT2D eigenvalue weighted by molar-refractivity contribution is 8.16. The summed E-state index contributed by atoms with van der Waals surface area (Å²) >= 11 is 1.67. The van der Waals surface area contributed by atoms with E-state index in [9.17, 15) is 4.79 Å². The van der Waals surface area contributed by atoms with E-state index in [-0.39, 0.29) is 12.5 Å². The Kier molecular flexibility index (Phi) is 5.39. The van der Waals surface area contributed by atoms with Crippen molar-refractivity contribution >= 4 is 34.2 Å². The largest absolute Gasteiger partial charge is 0.484 e. The molecule has 2 aromatic rings. The van der Waals surface area contributed by atoms with Crippen LogP contribution < -0.4 is 10.1 Å². The fraction of sp³-hybridized carbons (Fsp3) is 0.273. The average Bonchev–Trinajstić information content (AvgIpc) is 3.31. The van der Waals surface area contributed by atoms with Gasteiger partial charge in [-0.15, -0.1) is 0 Å². The van der Waals surface area contributed by atoms with Crippen LogP contribution in [0.25, 0.3) is 5.70 Å². The van der Waals surface area contributed by atoms with Gasteiger partial charge in [0.05, 0.1) is 12.2 Å². The number of hydrogen-bond donors (Lipinski definition) is 1. The Morgan fingerprint density at radius 3 is 2.64 bits per heavy atom. The lowest BCUT2D eigenvalue weighted by molar-refractivity contribution is -0.118. The van der Waals surface area contributed by atoms with E-state index in [0.717, 1.165) is 29.5 Å². The van der Waals surface area contributed by atoms with Gasteiger partial charge < -0.3 is 15.0 Å². The molecule has 2 aliphatic rings. The first kappa shape index (κ1) is 18.6. The molecule has 0 saturated heterocycles. The second-order valence-corrected chi connectivity index (χ2v) is 7.91. The Bertz CT molecular complexity index is 918. The van der Waals surface area contributed by atoms with Gasteiger partial charge >= 0.3 is 0 Å². The van der Waals surface area contributed by atoms with Crippen molar-refractivity contribution in [3.63, 3.8) is 0 Å². The third-order valence-electron chi connectivity index (χ3n) is 4.75. The van der Waals surface area contributed by atoms with Crippen molar-refractivity contribution in [2.24, 2.45) is 4.99 Å². The highest BCUT2D eigenvalue weighted by atomic mass is 32.2. The molecular formula is C22H23N3O2S. The van der Waals surface area contributed by atoms with E-state index in [1.807, 2.05) is 48.5 Å². The van der Waals surface area contributed by atoms with Gasteiger partial charge in [0.2, 0.25) is 0 Å². The zero-order valence-corrected chi connectivity index (χ0v) is 16.8. The summed E-state index contributed by atoms with van der Waals surface area (Å²) in [6.45, 7) is 6.07. The summed E-state index contributed by atoms with van der Waals surface area (Å²) in [4.78, 5) is 18.9. The number of ether oxygens (including phenoxy) is 1. The second-order valence-electron chi connectivity index (χ2n) is 7.07. The smallest absolute Gasteiger partial charge is 0.262 e. The van der Waals surface area contributed by atoms with E-state index in [1.54, 1.807) is 11.8 Å². The summed E-state index contributed by atoms with van der Waals surface area (Å²) in [7, 11) is 0. The fourth-order valence-corrected chi connectivity index (χ4v) is 4.13. The topological polar surface area (TPSA) is 53.9 Å². The zero-order valence-electron chi connectivity index (χ0n) is 16.0. The van der Waals surface area contributed by atoms with Crippen LogP contribution in [-0.4, -0.2) is 35.7 Å². The van der Waals surface area contributed by atoms with Crippen molar-refractivity contribution < 1.29 is 9.53 Å². The number of amidine groups is 1. The van der Waals surface area contributed by atoms with E-state index in [4.69, 9.17) is 4.74 Å². The maximum Gasteiger partial charge on any atom is 0.262 e. The molecule has 0 radical (unpaired) electrons. The molecule has 1 amide bonds. The lowest BCUT2D eigenvalue weighted by Crippen LogP contribution is -2.21. The third-order valence-corrected chi connectivity index (χ3v) is 5.65. The lowest BCUT2D eigenvalue weighted by Gasteiger charge is -2.17. The fourth-order valence-electron chi connectivity index (χ4n) is 3.17. The molecule has 0 unspecified atom stereocenters. The standard InChI is InChI=1S/C22H23N3O2S/c1-15(2)16-5-9-19(10-6-16)27-13-21(26)24-18-7-3-17(4-8-18)20-14-28-22-23-11-12-25(20)22/h3-10,14-15H,11-13H2,1-2H3,(H,24,26).